The lowest BCUT2D eigenvalue weighted by Gasteiger charge is -2.21. The Balaban J connectivity index is 1.49. The van der Waals surface area contributed by atoms with Crippen molar-refractivity contribution in [2.75, 3.05) is 37.5 Å². The highest BCUT2D eigenvalue weighted by molar-refractivity contribution is 6.10. The van der Waals surface area contributed by atoms with Gasteiger partial charge in [0.2, 0.25) is 0 Å². The Bertz CT molecular complexity index is 1670. The van der Waals surface area contributed by atoms with Crippen LogP contribution in [0.4, 0.5) is 11.4 Å². The molecule has 42 heavy (non-hydrogen) atoms. The van der Waals surface area contributed by atoms with Gasteiger partial charge in [-0.2, -0.15) is 0 Å². The van der Waals surface area contributed by atoms with Gasteiger partial charge in [0.1, 0.15) is 17.1 Å². The Morgan fingerprint density at radius 2 is 1.60 bits per heavy atom. The zero-order chi connectivity index (χ0) is 29.6. The van der Waals surface area contributed by atoms with E-state index in [4.69, 9.17) is 9.72 Å². The molecule has 0 atom stereocenters. The van der Waals surface area contributed by atoms with Crippen LogP contribution in [0.3, 0.4) is 0 Å². The van der Waals surface area contributed by atoms with Crippen LogP contribution in [0, 0.1) is 0 Å². The number of nitrogens with one attached hydrogen (secondary N) is 2. The van der Waals surface area contributed by atoms with Crippen LogP contribution < -0.4 is 15.0 Å². The normalized spacial score (nSPS) is 10.9. The lowest BCUT2D eigenvalue weighted by Crippen LogP contribution is -2.26. The topological polar surface area (TPSA) is 90.6 Å². The Morgan fingerprint density at radius 3 is 2.24 bits per heavy atom. The van der Waals surface area contributed by atoms with Gasteiger partial charge < -0.3 is 24.8 Å². The van der Waals surface area contributed by atoms with Gasteiger partial charge in [-0.1, -0.05) is 30.3 Å². The summed E-state index contributed by atoms with van der Waals surface area (Å²) in [6.45, 7) is 6.42. The van der Waals surface area contributed by atoms with Crippen LogP contribution in [0.25, 0.3) is 22.4 Å². The number of anilines is 2. The van der Waals surface area contributed by atoms with E-state index in [-0.39, 0.29) is 11.8 Å². The molecule has 0 saturated heterocycles. The molecule has 0 fully saturated rings. The van der Waals surface area contributed by atoms with Crippen LogP contribution in [0.1, 0.15) is 40.1 Å². The van der Waals surface area contributed by atoms with E-state index in [2.05, 4.69) is 29.0 Å². The Morgan fingerprint density at radius 1 is 0.905 bits per heavy atom. The molecule has 0 unspecified atom stereocenters. The summed E-state index contributed by atoms with van der Waals surface area (Å²) in [5, 5.41) is 2.99. The highest BCUT2D eigenvalue weighted by Gasteiger charge is 2.21. The van der Waals surface area contributed by atoms with Crippen molar-refractivity contribution in [1.29, 1.82) is 0 Å². The van der Waals surface area contributed by atoms with Gasteiger partial charge in [0.15, 0.2) is 0 Å². The average molecular weight is 562 g/mol. The fourth-order valence-corrected chi connectivity index (χ4v) is 4.99. The number of imidazole rings is 1. The SMILES string of the molecule is CCN(CC)c1ccc(C(=O)Nc2cc(C(=O)N(C)Cc3ccccc3)c3nc(-c4ccc(OC)cc4)[nH]c3c2)cc1. The number of benzene rings is 4. The number of carbonyl (C=O) groups excluding carboxylic acids is 2. The summed E-state index contributed by atoms with van der Waals surface area (Å²) in [4.78, 5) is 39.1. The lowest BCUT2D eigenvalue weighted by atomic mass is 10.1. The molecule has 5 rings (SSSR count). The van der Waals surface area contributed by atoms with Crippen molar-refractivity contribution in [1.82, 2.24) is 14.9 Å². The number of methoxy groups -OCH3 is 1. The predicted molar refractivity (Wildman–Crippen MR) is 168 cm³/mol. The van der Waals surface area contributed by atoms with Crippen LogP contribution in [-0.4, -0.2) is 53.9 Å². The second-order valence-corrected chi connectivity index (χ2v) is 10.1. The maximum atomic E-state index is 13.8. The first-order valence-corrected chi connectivity index (χ1v) is 14.0. The minimum Gasteiger partial charge on any atom is -0.497 e. The minimum atomic E-state index is -0.258. The van der Waals surface area contributed by atoms with Crippen molar-refractivity contribution < 1.29 is 14.3 Å². The van der Waals surface area contributed by atoms with Gasteiger partial charge in [-0.05, 0) is 80.1 Å². The van der Waals surface area contributed by atoms with E-state index in [9.17, 15) is 9.59 Å². The summed E-state index contributed by atoms with van der Waals surface area (Å²) in [6, 6.07) is 28.4. The van der Waals surface area contributed by atoms with E-state index in [1.54, 1.807) is 25.1 Å². The Kier molecular flexibility index (Phi) is 8.52. The molecule has 4 aromatic carbocycles. The van der Waals surface area contributed by atoms with Gasteiger partial charge in [0.05, 0.1) is 18.2 Å². The number of aromatic amines is 1. The largest absolute Gasteiger partial charge is 0.497 e. The van der Waals surface area contributed by atoms with E-state index in [1.165, 1.54) is 0 Å². The number of H-pyrrole nitrogens is 1. The lowest BCUT2D eigenvalue weighted by molar-refractivity contribution is 0.0786. The van der Waals surface area contributed by atoms with E-state index >= 15 is 0 Å². The highest BCUT2D eigenvalue weighted by atomic mass is 16.5. The number of nitrogens with zero attached hydrogens (tertiary/aromatic N) is 3. The second kappa shape index (κ2) is 12.6. The molecule has 0 saturated carbocycles. The molecule has 0 radical (unpaired) electrons. The monoisotopic (exact) mass is 561 g/mol. The molecule has 5 aromatic rings. The molecule has 8 heteroatoms. The zero-order valence-corrected chi connectivity index (χ0v) is 24.3. The van der Waals surface area contributed by atoms with Gasteiger partial charge in [0.25, 0.3) is 11.8 Å². The number of ether oxygens (including phenoxy) is 1. The number of hydrogen-bond acceptors (Lipinski definition) is 5. The molecule has 2 N–H and O–H groups in total. The van der Waals surface area contributed by atoms with Gasteiger partial charge in [-0.25, -0.2) is 4.98 Å². The summed E-state index contributed by atoms with van der Waals surface area (Å²) in [5.74, 6) is 0.897. The van der Waals surface area contributed by atoms with Crippen molar-refractivity contribution in [2.24, 2.45) is 0 Å². The molecule has 0 spiro atoms. The van der Waals surface area contributed by atoms with Crippen molar-refractivity contribution in [3.8, 4) is 17.1 Å². The zero-order valence-electron chi connectivity index (χ0n) is 24.3. The molecule has 0 aliphatic carbocycles. The number of amides is 2. The van der Waals surface area contributed by atoms with Crippen LogP contribution in [-0.2, 0) is 6.54 Å². The molecule has 2 amide bonds. The van der Waals surface area contributed by atoms with Crippen LogP contribution in [0.2, 0.25) is 0 Å². The number of fused-ring (bicyclic) bond motifs is 1. The molecular formula is C34H35N5O3. The molecule has 8 nitrogen and oxygen atoms in total. The van der Waals surface area contributed by atoms with E-state index in [1.807, 2.05) is 84.9 Å². The Hall–Kier alpha value is -5.11. The molecular weight excluding hydrogens is 526 g/mol. The summed E-state index contributed by atoms with van der Waals surface area (Å²) in [5.41, 5.74) is 5.54. The molecule has 1 heterocycles. The van der Waals surface area contributed by atoms with Crippen LogP contribution >= 0.6 is 0 Å². The number of hydrogen-bond donors (Lipinski definition) is 2. The molecule has 0 aliphatic heterocycles. The van der Waals surface area contributed by atoms with Crippen molar-refractivity contribution in [3.05, 3.63) is 108 Å². The smallest absolute Gasteiger partial charge is 0.256 e. The third-order valence-electron chi connectivity index (χ3n) is 7.31. The summed E-state index contributed by atoms with van der Waals surface area (Å²) in [6.07, 6.45) is 0. The number of rotatable bonds is 10. The molecule has 1 aromatic heterocycles. The second-order valence-electron chi connectivity index (χ2n) is 10.1. The van der Waals surface area contributed by atoms with Crippen LogP contribution in [0.15, 0.2) is 91.0 Å². The van der Waals surface area contributed by atoms with Crippen molar-refractivity contribution in [3.63, 3.8) is 0 Å². The standard InChI is InChI=1S/C34H35N5O3/c1-5-39(6-2)27-16-12-25(13-17-27)33(40)35-26-20-29(34(41)38(3)22-23-10-8-7-9-11-23)31-30(21-26)36-32(37-31)24-14-18-28(42-4)19-15-24/h7-21H,5-6,22H2,1-4H3,(H,35,40)(H,36,37). The predicted octanol–water partition coefficient (Wildman–Crippen LogP) is 6.61. The van der Waals surface area contributed by atoms with Gasteiger partial charge >= 0.3 is 0 Å². The third kappa shape index (κ3) is 6.12. The molecule has 214 valence electrons. The Labute approximate surface area is 246 Å². The maximum absolute atomic E-state index is 13.8. The quantitative estimate of drug-likeness (QED) is 0.200. The molecule has 0 bridgehead atoms. The van der Waals surface area contributed by atoms with Gasteiger partial charge in [-0.15, -0.1) is 0 Å². The number of aromatic nitrogens is 2. The first kappa shape index (κ1) is 28.4. The third-order valence-corrected chi connectivity index (χ3v) is 7.31. The maximum Gasteiger partial charge on any atom is 0.256 e. The van der Waals surface area contributed by atoms with E-state index in [0.29, 0.717) is 40.2 Å². The fourth-order valence-electron chi connectivity index (χ4n) is 4.99. The van der Waals surface area contributed by atoms with Gasteiger partial charge in [0, 0.05) is 49.2 Å². The molecule has 0 aliphatic rings. The highest BCUT2D eigenvalue weighted by Crippen LogP contribution is 2.29. The van der Waals surface area contributed by atoms with E-state index in [0.717, 1.165) is 35.7 Å². The van der Waals surface area contributed by atoms with Crippen molar-refractivity contribution in [2.45, 2.75) is 20.4 Å². The summed E-state index contributed by atoms with van der Waals surface area (Å²) in [7, 11) is 3.39. The fraction of sp³-hybridized carbons (Fsp3) is 0.206. The first-order valence-electron chi connectivity index (χ1n) is 14.0. The minimum absolute atomic E-state index is 0.198. The first-order chi connectivity index (χ1) is 20.4. The summed E-state index contributed by atoms with van der Waals surface area (Å²) < 4.78 is 5.29. The average Bonchev–Trinajstić information content (AvgIpc) is 3.46. The van der Waals surface area contributed by atoms with E-state index < -0.39 is 0 Å². The van der Waals surface area contributed by atoms with Crippen LogP contribution in [0.5, 0.6) is 5.75 Å². The number of carbonyl (C=O) groups is 2. The van der Waals surface area contributed by atoms with Gasteiger partial charge in [-0.3, -0.25) is 9.59 Å². The van der Waals surface area contributed by atoms with Crippen molar-refractivity contribution >= 4 is 34.2 Å². The summed E-state index contributed by atoms with van der Waals surface area (Å²) >= 11 is 0.